The van der Waals surface area contributed by atoms with E-state index in [1.165, 1.54) is 19.1 Å². The van der Waals surface area contributed by atoms with Crippen molar-refractivity contribution in [1.82, 2.24) is 0 Å². The number of ketones is 1. The fraction of sp³-hybridized carbons (Fsp3) is 0.200. The molecule has 2 aromatic carbocycles. The first-order valence-corrected chi connectivity index (χ1v) is 10.2. The molecule has 0 radical (unpaired) electrons. The summed E-state index contributed by atoms with van der Waals surface area (Å²) in [5, 5.41) is 21.0. The van der Waals surface area contributed by atoms with Crippen LogP contribution in [0.2, 0.25) is 0 Å². The van der Waals surface area contributed by atoms with Gasteiger partial charge in [0.05, 0.1) is 48.6 Å². The van der Waals surface area contributed by atoms with Crippen molar-refractivity contribution in [1.29, 1.82) is 5.26 Å². The number of phenolic OH excluding ortho intramolecular Hbond substituents is 1. The number of hydrogen-bond donors (Lipinski definition) is 2. The number of aromatic hydroxyl groups is 1. The van der Waals surface area contributed by atoms with Gasteiger partial charge in [-0.3, -0.25) is 9.69 Å². The van der Waals surface area contributed by atoms with Crippen LogP contribution in [0.15, 0.2) is 65.1 Å². The Morgan fingerprint density at radius 3 is 2.24 bits per heavy atom. The Hall–Kier alpha value is -4.58. The minimum atomic E-state index is -1.04. The predicted molar refractivity (Wildman–Crippen MR) is 122 cm³/mol. The van der Waals surface area contributed by atoms with Crippen LogP contribution in [-0.2, 0) is 19.1 Å². The minimum Gasteiger partial charge on any atom is -0.505 e. The lowest BCUT2D eigenvalue weighted by Gasteiger charge is -2.36. The van der Waals surface area contributed by atoms with Crippen molar-refractivity contribution in [2.45, 2.75) is 19.8 Å². The van der Waals surface area contributed by atoms with Crippen LogP contribution in [0.5, 0.6) is 5.75 Å². The molecule has 9 heteroatoms. The van der Waals surface area contributed by atoms with E-state index in [2.05, 4.69) is 0 Å². The van der Waals surface area contributed by atoms with Gasteiger partial charge in [-0.2, -0.15) is 5.26 Å². The van der Waals surface area contributed by atoms with E-state index < -0.39 is 29.4 Å². The largest absolute Gasteiger partial charge is 0.505 e. The SMILES string of the molecule is COC(=O)C1=C(C(=O)OC)N(c2cc(C)cc(C(C)=O)c2O)C(N)=C(C#N)C1c1ccccc1. The van der Waals surface area contributed by atoms with Gasteiger partial charge in [0, 0.05) is 0 Å². The number of nitrogens with zero attached hydrogens (tertiary/aromatic N) is 2. The zero-order chi connectivity index (χ0) is 25.2. The molecule has 1 unspecified atom stereocenters. The van der Waals surface area contributed by atoms with E-state index in [-0.39, 0.29) is 33.9 Å². The van der Waals surface area contributed by atoms with Crippen molar-refractivity contribution >= 4 is 23.4 Å². The highest BCUT2D eigenvalue weighted by atomic mass is 16.5. The van der Waals surface area contributed by atoms with Gasteiger partial charge in [-0.1, -0.05) is 30.3 Å². The molecule has 34 heavy (non-hydrogen) atoms. The van der Waals surface area contributed by atoms with Gasteiger partial charge >= 0.3 is 11.9 Å². The lowest BCUT2D eigenvalue weighted by molar-refractivity contribution is -0.139. The van der Waals surface area contributed by atoms with Crippen LogP contribution in [-0.4, -0.2) is 37.0 Å². The highest BCUT2D eigenvalue weighted by Crippen LogP contribution is 2.46. The molecule has 0 saturated carbocycles. The van der Waals surface area contributed by atoms with Crippen molar-refractivity contribution in [2.24, 2.45) is 5.73 Å². The van der Waals surface area contributed by atoms with E-state index in [0.717, 1.165) is 19.1 Å². The van der Waals surface area contributed by atoms with Gasteiger partial charge in [0.1, 0.15) is 17.3 Å². The van der Waals surface area contributed by atoms with Crippen molar-refractivity contribution < 1.29 is 29.0 Å². The fourth-order valence-corrected chi connectivity index (χ4v) is 3.96. The zero-order valence-electron chi connectivity index (χ0n) is 19.1. The van der Waals surface area contributed by atoms with Crippen LogP contribution < -0.4 is 10.6 Å². The number of Topliss-reactive ketones (excluding diaryl/α,β-unsaturated/α-hetero) is 1. The summed E-state index contributed by atoms with van der Waals surface area (Å²) in [7, 11) is 2.26. The van der Waals surface area contributed by atoms with Crippen molar-refractivity contribution in [3.63, 3.8) is 0 Å². The van der Waals surface area contributed by atoms with Crippen molar-refractivity contribution in [3.8, 4) is 11.8 Å². The van der Waals surface area contributed by atoms with Gasteiger partial charge < -0.3 is 20.3 Å². The van der Waals surface area contributed by atoms with Crippen LogP contribution in [0.25, 0.3) is 0 Å². The zero-order valence-corrected chi connectivity index (χ0v) is 19.1. The quantitative estimate of drug-likeness (QED) is 0.507. The first-order valence-electron chi connectivity index (χ1n) is 10.2. The van der Waals surface area contributed by atoms with E-state index in [0.29, 0.717) is 11.1 Å². The lowest BCUT2D eigenvalue weighted by Crippen LogP contribution is -2.41. The Morgan fingerprint density at radius 2 is 1.71 bits per heavy atom. The first kappa shape index (κ1) is 24.1. The minimum absolute atomic E-state index is 0.0182. The summed E-state index contributed by atoms with van der Waals surface area (Å²) in [6.45, 7) is 2.96. The summed E-state index contributed by atoms with van der Waals surface area (Å²) in [6, 6.07) is 13.5. The molecule has 0 amide bonds. The predicted octanol–water partition coefficient (Wildman–Crippen LogP) is 2.80. The van der Waals surface area contributed by atoms with Crippen molar-refractivity contribution in [2.75, 3.05) is 19.1 Å². The Kier molecular flexibility index (Phi) is 6.73. The number of nitriles is 1. The van der Waals surface area contributed by atoms with Gasteiger partial charge in [0.2, 0.25) is 0 Å². The number of methoxy groups -OCH3 is 2. The molecule has 0 spiro atoms. The number of benzene rings is 2. The topological polar surface area (TPSA) is 143 Å². The second-order valence-electron chi connectivity index (χ2n) is 7.57. The molecule has 3 rings (SSSR count). The molecule has 0 saturated heterocycles. The molecule has 1 heterocycles. The summed E-state index contributed by atoms with van der Waals surface area (Å²) in [5.41, 5.74) is 6.83. The average molecular weight is 461 g/mol. The van der Waals surface area contributed by atoms with Crippen molar-refractivity contribution in [3.05, 3.63) is 81.8 Å². The standard InChI is InChI=1S/C25H23N3O6/c1-13-10-16(14(2)29)22(30)18(11-13)28-21(25(32)34-4)20(24(31)33-3)19(17(12-26)23(28)27)15-8-6-5-7-9-15/h5-11,19,30H,27H2,1-4H3. The molecule has 0 aromatic heterocycles. The Labute approximate surface area is 196 Å². The number of phenols is 1. The lowest BCUT2D eigenvalue weighted by atomic mass is 9.80. The third kappa shape index (κ3) is 3.97. The molecule has 0 bridgehead atoms. The number of aryl methyl sites for hydroxylation is 1. The van der Waals surface area contributed by atoms with Gasteiger partial charge in [-0.25, -0.2) is 9.59 Å². The number of carbonyl (C=O) groups is 3. The monoisotopic (exact) mass is 461 g/mol. The molecule has 2 aromatic rings. The molecular formula is C25H23N3O6. The Bertz CT molecular complexity index is 1290. The van der Waals surface area contributed by atoms with Gasteiger partial charge in [-0.05, 0) is 37.1 Å². The fourth-order valence-electron chi connectivity index (χ4n) is 3.96. The summed E-state index contributed by atoms with van der Waals surface area (Å²) in [6.07, 6.45) is 0. The van der Waals surface area contributed by atoms with Crippen LogP contribution in [0.3, 0.4) is 0 Å². The molecule has 1 aliphatic rings. The van der Waals surface area contributed by atoms with Crippen LogP contribution in [0, 0.1) is 18.3 Å². The van der Waals surface area contributed by atoms with Crippen LogP contribution in [0.4, 0.5) is 5.69 Å². The van der Waals surface area contributed by atoms with Gasteiger partial charge in [0.15, 0.2) is 5.78 Å². The van der Waals surface area contributed by atoms with Gasteiger partial charge in [0.25, 0.3) is 0 Å². The average Bonchev–Trinajstić information content (AvgIpc) is 2.83. The maximum atomic E-state index is 13.1. The number of esters is 2. The summed E-state index contributed by atoms with van der Waals surface area (Å²) in [4.78, 5) is 39.3. The number of anilines is 1. The molecule has 174 valence electrons. The van der Waals surface area contributed by atoms with E-state index in [9.17, 15) is 24.8 Å². The van der Waals surface area contributed by atoms with Crippen LogP contribution >= 0.6 is 0 Å². The van der Waals surface area contributed by atoms with E-state index in [1.54, 1.807) is 37.3 Å². The normalized spacial score (nSPS) is 15.6. The first-order chi connectivity index (χ1) is 16.2. The number of rotatable bonds is 5. The molecule has 0 fully saturated rings. The highest BCUT2D eigenvalue weighted by Gasteiger charge is 2.43. The molecule has 1 aliphatic heterocycles. The number of allylic oxidation sites excluding steroid dienone is 1. The highest BCUT2D eigenvalue weighted by molar-refractivity contribution is 6.07. The molecular weight excluding hydrogens is 438 g/mol. The summed E-state index contributed by atoms with van der Waals surface area (Å²) >= 11 is 0. The van der Waals surface area contributed by atoms with E-state index >= 15 is 0 Å². The Balaban J connectivity index is 2.49. The molecule has 1 atom stereocenters. The second-order valence-corrected chi connectivity index (χ2v) is 7.57. The maximum Gasteiger partial charge on any atom is 0.355 e. The smallest absolute Gasteiger partial charge is 0.355 e. The third-order valence-corrected chi connectivity index (χ3v) is 5.46. The number of hydrogen-bond acceptors (Lipinski definition) is 9. The van der Waals surface area contributed by atoms with Gasteiger partial charge in [-0.15, -0.1) is 0 Å². The number of ether oxygens (including phenoxy) is 2. The number of nitrogens with two attached hydrogens (primary N) is 1. The summed E-state index contributed by atoms with van der Waals surface area (Å²) < 4.78 is 9.93. The molecule has 3 N–H and O–H groups in total. The maximum absolute atomic E-state index is 13.1. The van der Waals surface area contributed by atoms with E-state index in [4.69, 9.17) is 15.2 Å². The summed E-state index contributed by atoms with van der Waals surface area (Å²) in [5.74, 6) is -3.99. The molecule has 0 aliphatic carbocycles. The van der Waals surface area contributed by atoms with E-state index in [1.807, 2.05) is 6.07 Å². The third-order valence-electron chi connectivity index (χ3n) is 5.46. The van der Waals surface area contributed by atoms with Crippen LogP contribution in [0.1, 0.15) is 34.3 Å². The molecule has 9 nitrogen and oxygen atoms in total. The second kappa shape index (κ2) is 9.50. The Morgan fingerprint density at radius 1 is 1.09 bits per heavy atom. The number of carbonyl (C=O) groups excluding carboxylic acids is 3.